The number of nitrogens with zero attached hydrogens (tertiary/aromatic N) is 1. The van der Waals surface area contributed by atoms with E-state index in [1.165, 1.54) is 23.5 Å². The Kier molecular flexibility index (Phi) is 6.63. The topological polar surface area (TPSA) is 85.4 Å². The van der Waals surface area contributed by atoms with Gasteiger partial charge in [0.25, 0.3) is 0 Å². The van der Waals surface area contributed by atoms with Crippen molar-refractivity contribution in [2.45, 2.75) is 22.8 Å². The van der Waals surface area contributed by atoms with Gasteiger partial charge in [-0.25, -0.2) is 13.4 Å². The number of ether oxygens (including phenoxy) is 1. The third-order valence-electron chi connectivity index (χ3n) is 4.54. The van der Waals surface area contributed by atoms with E-state index in [2.05, 4.69) is 10.3 Å². The molecule has 0 aliphatic carbocycles. The summed E-state index contributed by atoms with van der Waals surface area (Å²) in [6.07, 6.45) is 0.186. The Morgan fingerprint density at radius 1 is 0.875 bits per heavy atom. The lowest BCUT2D eigenvalue weighted by Crippen LogP contribution is -2.14. The van der Waals surface area contributed by atoms with Crippen molar-refractivity contribution in [3.8, 4) is 5.75 Å². The van der Waals surface area contributed by atoms with Gasteiger partial charge in [0.05, 0.1) is 21.9 Å². The highest BCUT2D eigenvalue weighted by atomic mass is 32.2. The number of hydrogen-bond acceptors (Lipinski definition) is 6. The zero-order valence-electron chi connectivity index (χ0n) is 17.0. The smallest absolute Gasteiger partial charge is 0.231 e. The molecule has 0 saturated carbocycles. The van der Waals surface area contributed by atoms with Crippen LogP contribution in [0, 0.1) is 0 Å². The molecule has 0 saturated heterocycles. The molecule has 8 heteroatoms. The molecular weight excluding hydrogens is 444 g/mol. The molecule has 1 N–H and O–H groups in total. The van der Waals surface area contributed by atoms with E-state index in [-0.39, 0.29) is 28.7 Å². The fourth-order valence-electron chi connectivity index (χ4n) is 2.97. The molecule has 3 aromatic carbocycles. The molecule has 0 radical (unpaired) electrons. The molecule has 0 spiro atoms. The zero-order chi connectivity index (χ0) is 22.4. The van der Waals surface area contributed by atoms with Crippen LogP contribution >= 0.6 is 11.3 Å². The van der Waals surface area contributed by atoms with Gasteiger partial charge in [0.1, 0.15) is 17.4 Å². The monoisotopic (exact) mass is 464 g/mol. The molecule has 6 nitrogen and oxygen atoms in total. The number of nitrogens with one attached hydrogen (secondary N) is 1. The highest BCUT2D eigenvalue weighted by Crippen LogP contribution is 2.23. The molecular formula is C24H20N2O4S2. The lowest BCUT2D eigenvalue weighted by molar-refractivity contribution is -0.115. The molecule has 1 aromatic heterocycles. The highest BCUT2D eigenvalue weighted by molar-refractivity contribution is 7.91. The van der Waals surface area contributed by atoms with Crippen LogP contribution in [0.15, 0.2) is 100 Å². The summed E-state index contributed by atoms with van der Waals surface area (Å²) < 4.78 is 31.0. The van der Waals surface area contributed by atoms with Gasteiger partial charge < -0.3 is 10.1 Å². The van der Waals surface area contributed by atoms with Gasteiger partial charge in [-0.05, 0) is 48.5 Å². The van der Waals surface area contributed by atoms with Crippen LogP contribution in [0.4, 0.5) is 5.69 Å². The number of benzene rings is 3. The van der Waals surface area contributed by atoms with E-state index in [1.54, 1.807) is 42.5 Å². The van der Waals surface area contributed by atoms with Gasteiger partial charge in [-0.1, -0.05) is 36.4 Å². The number of amides is 1. The van der Waals surface area contributed by atoms with E-state index >= 15 is 0 Å². The number of thiazole rings is 1. The van der Waals surface area contributed by atoms with Crippen molar-refractivity contribution in [2.75, 3.05) is 5.32 Å². The Labute approximate surface area is 190 Å². The average molecular weight is 465 g/mol. The summed E-state index contributed by atoms with van der Waals surface area (Å²) in [5, 5.41) is 5.38. The van der Waals surface area contributed by atoms with Crippen LogP contribution in [0.1, 0.15) is 10.7 Å². The molecule has 1 heterocycles. The number of rotatable bonds is 8. The summed E-state index contributed by atoms with van der Waals surface area (Å²) >= 11 is 1.40. The third-order valence-corrected chi connectivity index (χ3v) is 7.23. The van der Waals surface area contributed by atoms with Crippen LogP contribution in [0.5, 0.6) is 5.75 Å². The van der Waals surface area contributed by atoms with Crippen molar-refractivity contribution in [1.82, 2.24) is 4.98 Å². The summed E-state index contributed by atoms with van der Waals surface area (Å²) in [6.45, 7) is 0.224. The van der Waals surface area contributed by atoms with Crippen LogP contribution in [-0.4, -0.2) is 19.3 Å². The minimum Gasteiger partial charge on any atom is -0.487 e. The predicted octanol–water partition coefficient (Wildman–Crippen LogP) is 4.74. The van der Waals surface area contributed by atoms with E-state index in [4.69, 9.17) is 4.74 Å². The minimum atomic E-state index is -3.56. The molecule has 0 aliphatic rings. The molecule has 4 aromatic rings. The second kappa shape index (κ2) is 9.76. The lowest BCUT2D eigenvalue weighted by Gasteiger charge is -2.07. The van der Waals surface area contributed by atoms with E-state index < -0.39 is 9.84 Å². The maximum absolute atomic E-state index is 12.6. The molecule has 1 amide bonds. The third kappa shape index (κ3) is 5.40. The van der Waals surface area contributed by atoms with Crippen LogP contribution in [0.3, 0.4) is 0 Å². The second-order valence-corrected chi connectivity index (χ2v) is 9.79. The number of carbonyl (C=O) groups is 1. The van der Waals surface area contributed by atoms with Crippen molar-refractivity contribution in [1.29, 1.82) is 0 Å². The number of para-hydroxylation sites is 1. The Morgan fingerprint density at radius 3 is 2.19 bits per heavy atom. The molecule has 0 aliphatic heterocycles. The Bertz CT molecular complexity index is 1290. The molecule has 0 atom stereocenters. The highest BCUT2D eigenvalue weighted by Gasteiger charge is 2.17. The molecule has 0 bridgehead atoms. The maximum atomic E-state index is 12.6. The Hall–Kier alpha value is -3.49. The fourth-order valence-corrected chi connectivity index (χ4v) is 5.03. The quantitative estimate of drug-likeness (QED) is 0.407. The van der Waals surface area contributed by atoms with Gasteiger partial charge in [-0.15, -0.1) is 11.3 Å². The summed E-state index contributed by atoms with van der Waals surface area (Å²) in [5.74, 6) is 0.404. The molecule has 0 fully saturated rings. The van der Waals surface area contributed by atoms with Crippen LogP contribution < -0.4 is 10.1 Å². The minimum absolute atomic E-state index is 0.131. The van der Waals surface area contributed by atoms with Gasteiger partial charge in [-0.3, -0.25) is 4.79 Å². The fraction of sp³-hybridized carbons (Fsp3) is 0.0833. The van der Waals surface area contributed by atoms with Crippen molar-refractivity contribution in [3.63, 3.8) is 0 Å². The molecule has 32 heavy (non-hydrogen) atoms. The van der Waals surface area contributed by atoms with Crippen molar-refractivity contribution < 1.29 is 17.9 Å². The average Bonchev–Trinajstić information content (AvgIpc) is 3.26. The van der Waals surface area contributed by atoms with Crippen molar-refractivity contribution in [3.05, 3.63) is 101 Å². The van der Waals surface area contributed by atoms with Crippen LogP contribution in [0.2, 0.25) is 0 Å². The van der Waals surface area contributed by atoms with Crippen molar-refractivity contribution in [2.24, 2.45) is 0 Å². The molecule has 4 rings (SSSR count). The second-order valence-electron chi connectivity index (χ2n) is 6.90. The van der Waals surface area contributed by atoms with E-state index in [0.717, 1.165) is 5.69 Å². The zero-order valence-corrected chi connectivity index (χ0v) is 18.6. The van der Waals surface area contributed by atoms with Gasteiger partial charge in [0.2, 0.25) is 15.7 Å². The standard InChI is InChI=1S/C24H20N2O4S2/c27-23(25-18-7-3-1-4-8-18)15-24-26-19(17-31-24)16-30-20-11-13-22(14-12-20)32(28,29)21-9-5-2-6-10-21/h1-14,17H,15-16H2,(H,25,27). The normalized spacial score (nSPS) is 11.1. The predicted molar refractivity (Wildman–Crippen MR) is 124 cm³/mol. The van der Waals surface area contributed by atoms with E-state index in [0.29, 0.717) is 16.5 Å². The Morgan fingerprint density at radius 2 is 1.50 bits per heavy atom. The molecule has 162 valence electrons. The van der Waals surface area contributed by atoms with E-state index in [1.807, 2.05) is 35.7 Å². The SMILES string of the molecule is O=C(Cc1nc(COc2ccc(S(=O)(=O)c3ccccc3)cc2)cs1)Nc1ccccc1. The van der Waals surface area contributed by atoms with Gasteiger partial charge in [0, 0.05) is 11.1 Å². The van der Waals surface area contributed by atoms with E-state index in [9.17, 15) is 13.2 Å². The summed E-state index contributed by atoms with van der Waals surface area (Å²) in [4.78, 5) is 17.1. The number of hydrogen-bond donors (Lipinski definition) is 1. The first-order valence-electron chi connectivity index (χ1n) is 9.82. The first-order valence-corrected chi connectivity index (χ1v) is 12.2. The summed E-state index contributed by atoms with van der Waals surface area (Å²) in [7, 11) is -3.56. The van der Waals surface area contributed by atoms with Crippen LogP contribution in [0.25, 0.3) is 0 Å². The number of carbonyl (C=O) groups excluding carboxylic acids is 1. The Balaban J connectivity index is 1.32. The van der Waals surface area contributed by atoms with Crippen LogP contribution in [-0.2, 0) is 27.7 Å². The van der Waals surface area contributed by atoms with Crippen molar-refractivity contribution >= 4 is 32.8 Å². The van der Waals surface area contributed by atoms with Gasteiger partial charge in [0.15, 0.2) is 0 Å². The molecule has 0 unspecified atom stereocenters. The van der Waals surface area contributed by atoms with Gasteiger partial charge in [-0.2, -0.15) is 0 Å². The summed E-state index contributed by atoms with van der Waals surface area (Å²) in [6, 6.07) is 23.9. The maximum Gasteiger partial charge on any atom is 0.231 e. The largest absolute Gasteiger partial charge is 0.487 e. The van der Waals surface area contributed by atoms with Gasteiger partial charge >= 0.3 is 0 Å². The first kappa shape index (κ1) is 21.7. The number of anilines is 1. The lowest BCUT2D eigenvalue weighted by atomic mass is 10.3. The number of aromatic nitrogens is 1. The first-order chi connectivity index (χ1) is 15.5. The summed E-state index contributed by atoms with van der Waals surface area (Å²) in [5.41, 5.74) is 1.45. The number of sulfone groups is 1.